The Kier molecular flexibility index (Phi) is 4.90. The molecule has 0 saturated carbocycles. The Hall–Kier alpha value is -2.31. The summed E-state index contributed by atoms with van der Waals surface area (Å²) in [5.74, 6) is -0.820. The number of carboxylic acid groups (broad SMARTS) is 1. The van der Waals surface area contributed by atoms with Crippen LogP contribution in [0.15, 0.2) is 18.2 Å². The van der Waals surface area contributed by atoms with Gasteiger partial charge in [0.2, 0.25) is 0 Å². The van der Waals surface area contributed by atoms with Gasteiger partial charge in [0.25, 0.3) is 0 Å². The first-order chi connectivity index (χ1) is 9.26. The van der Waals surface area contributed by atoms with E-state index in [0.717, 1.165) is 0 Å². The van der Waals surface area contributed by atoms with E-state index < -0.39 is 16.4 Å². The van der Waals surface area contributed by atoms with E-state index in [1.807, 2.05) is 0 Å². The minimum absolute atomic E-state index is 0.161. The lowest BCUT2D eigenvalue weighted by Crippen LogP contribution is -2.33. The molecule has 0 aliphatic heterocycles. The number of nitro groups is 1. The molecule has 1 rings (SSSR count). The second-order valence-corrected chi connectivity index (χ2v) is 4.92. The second kappa shape index (κ2) is 6.23. The Morgan fingerprint density at radius 1 is 1.50 bits per heavy atom. The molecule has 20 heavy (non-hydrogen) atoms. The summed E-state index contributed by atoms with van der Waals surface area (Å²) in [5, 5.41) is 22.9. The molecule has 0 spiro atoms. The number of nitrogens with one attached hydrogen (secondary N) is 1. The average molecular weight is 282 g/mol. The number of hydrogen-bond acceptors (Lipinski definition) is 5. The molecule has 0 aliphatic carbocycles. The number of rotatable bonds is 7. The highest BCUT2D eigenvalue weighted by Gasteiger charge is 2.27. The molecule has 1 aromatic carbocycles. The maximum Gasteiger partial charge on any atom is 0.333 e. The van der Waals surface area contributed by atoms with Crippen LogP contribution in [-0.2, 0) is 4.79 Å². The molecule has 0 fully saturated rings. The summed E-state index contributed by atoms with van der Waals surface area (Å²) in [5.41, 5.74) is -0.762. The van der Waals surface area contributed by atoms with E-state index in [9.17, 15) is 14.9 Å². The summed E-state index contributed by atoms with van der Waals surface area (Å²) in [4.78, 5) is 21.5. The normalized spacial score (nSPS) is 10.9. The standard InChI is InChI=1S/C13H18N2O5/c1-4-20-10-7-5-6-9(12(10)15(18)19)14-13(2,3)8-11(16)17/h5-7,14H,4,8H2,1-3H3,(H,16,17). The summed E-state index contributed by atoms with van der Waals surface area (Å²) in [7, 11) is 0. The van der Waals surface area contributed by atoms with Gasteiger partial charge in [-0.3, -0.25) is 14.9 Å². The largest absolute Gasteiger partial charge is 0.487 e. The van der Waals surface area contributed by atoms with Crippen molar-refractivity contribution < 1.29 is 19.6 Å². The Labute approximate surface area is 116 Å². The van der Waals surface area contributed by atoms with Crippen molar-refractivity contribution in [3.63, 3.8) is 0 Å². The number of hydrogen-bond donors (Lipinski definition) is 2. The summed E-state index contributed by atoms with van der Waals surface area (Å²) < 4.78 is 5.24. The highest BCUT2D eigenvalue weighted by molar-refractivity contribution is 5.72. The minimum Gasteiger partial charge on any atom is -0.487 e. The zero-order valence-electron chi connectivity index (χ0n) is 11.7. The van der Waals surface area contributed by atoms with Crippen LogP contribution < -0.4 is 10.1 Å². The van der Waals surface area contributed by atoms with Gasteiger partial charge in [-0.25, -0.2) is 0 Å². The van der Waals surface area contributed by atoms with Gasteiger partial charge in [-0.05, 0) is 32.9 Å². The molecule has 0 bridgehead atoms. The van der Waals surface area contributed by atoms with Crippen molar-refractivity contribution in [2.24, 2.45) is 0 Å². The fraction of sp³-hybridized carbons (Fsp3) is 0.462. The van der Waals surface area contributed by atoms with E-state index in [0.29, 0.717) is 6.61 Å². The van der Waals surface area contributed by atoms with Crippen LogP contribution in [0.25, 0.3) is 0 Å². The summed E-state index contributed by atoms with van der Waals surface area (Å²) in [6, 6.07) is 4.67. The van der Waals surface area contributed by atoms with Crippen LogP contribution in [0, 0.1) is 10.1 Å². The van der Waals surface area contributed by atoms with Crippen LogP contribution in [0.4, 0.5) is 11.4 Å². The molecule has 7 heteroatoms. The molecule has 1 aromatic rings. The van der Waals surface area contributed by atoms with Crippen molar-refractivity contribution in [1.29, 1.82) is 0 Å². The fourth-order valence-corrected chi connectivity index (χ4v) is 1.87. The SMILES string of the molecule is CCOc1cccc(NC(C)(C)CC(=O)O)c1[N+](=O)[O-]. The van der Waals surface area contributed by atoms with Crippen LogP contribution in [0.5, 0.6) is 5.75 Å². The number of ether oxygens (including phenoxy) is 1. The highest BCUT2D eigenvalue weighted by Crippen LogP contribution is 2.36. The minimum atomic E-state index is -0.980. The molecule has 110 valence electrons. The molecular weight excluding hydrogens is 264 g/mol. The summed E-state index contributed by atoms with van der Waals surface area (Å²) in [6.07, 6.45) is -0.164. The number of carbonyl (C=O) groups is 1. The fourth-order valence-electron chi connectivity index (χ4n) is 1.87. The van der Waals surface area contributed by atoms with E-state index in [1.54, 1.807) is 26.8 Å². The summed E-state index contributed by atoms with van der Waals surface area (Å²) in [6.45, 7) is 5.37. The number of benzene rings is 1. The highest BCUT2D eigenvalue weighted by atomic mass is 16.6. The molecule has 0 heterocycles. The first-order valence-electron chi connectivity index (χ1n) is 6.17. The van der Waals surface area contributed by atoms with Gasteiger partial charge in [0.1, 0.15) is 5.69 Å². The Balaban J connectivity index is 3.14. The van der Waals surface area contributed by atoms with Gasteiger partial charge in [0.15, 0.2) is 5.75 Å². The number of nitrogens with zero attached hydrogens (tertiary/aromatic N) is 1. The van der Waals surface area contributed by atoms with Crippen molar-refractivity contribution in [2.45, 2.75) is 32.7 Å². The van der Waals surface area contributed by atoms with Crippen LogP contribution in [0.3, 0.4) is 0 Å². The van der Waals surface area contributed by atoms with Gasteiger partial charge >= 0.3 is 11.7 Å². The van der Waals surface area contributed by atoms with Gasteiger partial charge in [0.05, 0.1) is 18.0 Å². The van der Waals surface area contributed by atoms with E-state index in [4.69, 9.17) is 9.84 Å². The van der Waals surface area contributed by atoms with Gasteiger partial charge in [-0.1, -0.05) is 6.07 Å². The molecule has 7 nitrogen and oxygen atoms in total. The molecule has 0 aromatic heterocycles. The third kappa shape index (κ3) is 4.11. The molecule has 0 radical (unpaired) electrons. The third-order valence-corrected chi connectivity index (χ3v) is 2.55. The van der Waals surface area contributed by atoms with E-state index in [2.05, 4.69) is 5.32 Å². The number of carboxylic acids is 1. The van der Waals surface area contributed by atoms with Crippen LogP contribution >= 0.6 is 0 Å². The maximum absolute atomic E-state index is 11.2. The van der Waals surface area contributed by atoms with Gasteiger partial charge in [-0.15, -0.1) is 0 Å². The van der Waals surface area contributed by atoms with Crippen molar-refractivity contribution in [2.75, 3.05) is 11.9 Å². The predicted molar refractivity (Wildman–Crippen MR) is 74.2 cm³/mol. The zero-order valence-corrected chi connectivity index (χ0v) is 11.7. The van der Waals surface area contributed by atoms with Crippen molar-refractivity contribution in [1.82, 2.24) is 0 Å². The zero-order chi connectivity index (χ0) is 15.3. The van der Waals surface area contributed by atoms with E-state index >= 15 is 0 Å². The summed E-state index contributed by atoms with van der Waals surface area (Å²) >= 11 is 0. The third-order valence-electron chi connectivity index (χ3n) is 2.55. The van der Waals surface area contributed by atoms with Crippen molar-refractivity contribution in [3.05, 3.63) is 28.3 Å². The predicted octanol–water partition coefficient (Wildman–Crippen LogP) is 2.66. The van der Waals surface area contributed by atoms with Crippen LogP contribution in [0.2, 0.25) is 0 Å². The molecule has 0 saturated heterocycles. The van der Waals surface area contributed by atoms with Gasteiger partial charge in [-0.2, -0.15) is 0 Å². The van der Waals surface area contributed by atoms with Crippen LogP contribution in [-0.4, -0.2) is 28.1 Å². The Morgan fingerprint density at radius 3 is 2.65 bits per heavy atom. The molecular formula is C13H18N2O5. The first-order valence-corrected chi connectivity index (χ1v) is 6.17. The van der Waals surface area contributed by atoms with E-state index in [-0.39, 0.29) is 23.5 Å². The second-order valence-electron chi connectivity index (χ2n) is 4.92. The lowest BCUT2D eigenvalue weighted by Gasteiger charge is -2.25. The smallest absolute Gasteiger partial charge is 0.333 e. The number of nitro benzene ring substituents is 1. The van der Waals surface area contributed by atoms with E-state index in [1.165, 1.54) is 12.1 Å². The lowest BCUT2D eigenvalue weighted by atomic mass is 10.00. The molecule has 0 aliphatic rings. The van der Waals surface area contributed by atoms with Crippen molar-refractivity contribution >= 4 is 17.3 Å². The maximum atomic E-state index is 11.2. The van der Waals surface area contributed by atoms with Gasteiger partial charge < -0.3 is 15.2 Å². The first kappa shape index (κ1) is 15.7. The Morgan fingerprint density at radius 2 is 2.15 bits per heavy atom. The molecule has 0 atom stereocenters. The quantitative estimate of drug-likeness (QED) is 0.589. The average Bonchev–Trinajstić information content (AvgIpc) is 2.26. The van der Waals surface area contributed by atoms with Crippen molar-refractivity contribution in [3.8, 4) is 5.75 Å². The number of aliphatic carboxylic acids is 1. The Bertz CT molecular complexity index is 513. The number of para-hydroxylation sites is 1. The molecule has 0 amide bonds. The topological polar surface area (TPSA) is 102 Å². The molecule has 2 N–H and O–H groups in total. The lowest BCUT2D eigenvalue weighted by molar-refractivity contribution is -0.385. The number of anilines is 1. The monoisotopic (exact) mass is 282 g/mol. The molecule has 0 unspecified atom stereocenters. The van der Waals surface area contributed by atoms with Gasteiger partial charge in [0, 0.05) is 5.54 Å². The van der Waals surface area contributed by atoms with Crippen LogP contribution in [0.1, 0.15) is 27.2 Å².